The van der Waals surface area contributed by atoms with Crippen molar-refractivity contribution in [3.63, 3.8) is 0 Å². The van der Waals surface area contributed by atoms with E-state index in [0.717, 1.165) is 25.3 Å². The minimum absolute atomic E-state index is 0.460. The summed E-state index contributed by atoms with van der Waals surface area (Å²) in [5.74, 6) is 0. The van der Waals surface area contributed by atoms with E-state index in [1.165, 1.54) is 24.1 Å². The molecular formula is C13H20N2O. The van der Waals surface area contributed by atoms with Crippen LogP contribution in [-0.4, -0.2) is 19.3 Å². The number of anilines is 2. The number of nitrogens with one attached hydrogen (secondary N) is 1. The molecule has 1 atom stereocenters. The number of ether oxygens (including phenoxy) is 1. The van der Waals surface area contributed by atoms with Crippen molar-refractivity contribution >= 4 is 11.4 Å². The zero-order valence-electron chi connectivity index (χ0n) is 9.83. The summed E-state index contributed by atoms with van der Waals surface area (Å²) in [5.41, 5.74) is 8.90. The molecule has 1 heterocycles. The van der Waals surface area contributed by atoms with E-state index >= 15 is 0 Å². The molecule has 3 nitrogen and oxygen atoms in total. The first-order chi connectivity index (χ1) is 7.75. The number of benzene rings is 1. The van der Waals surface area contributed by atoms with Crippen molar-refractivity contribution in [2.45, 2.75) is 32.3 Å². The van der Waals surface area contributed by atoms with Gasteiger partial charge in [0.05, 0.1) is 6.10 Å². The first-order valence-corrected chi connectivity index (χ1v) is 5.97. The third kappa shape index (κ3) is 2.89. The predicted octanol–water partition coefficient (Wildman–Crippen LogP) is 2.56. The highest BCUT2D eigenvalue weighted by Gasteiger charge is 2.14. The molecule has 0 bridgehead atoms. The topological polar surface area (TPSA) is 47.3 Å². The highest BCUT2D eigenvalue weighted by molar-refractivity contribution is 5.57. The van der Waals surface area contributed by atoms with Crippen LogP contribution in [0, 0.1) is 6.92 Å². The maximum atomic E-state index is 5.71. The summed E-state index contributed by atoms with van der Waals surface area (Å²) in [5, 5.41) is 3.43. The van der Waals surface area contributed by atoms with Gasteiger partial charge in [0.2, 0.25) is 0 Å². The molecule has 2 rings (SSSR count). The summed E-state index contributed by atoms with van der Waals surface area (Å²) in [6.07, 6.45) is 3.97. The first-order valence-electron chi connectivity index (χ1n) is 5.97. The van der Waals surface area contributed by atoms with Crippen LogP contribution >= 0.6 is 0 Å². The van der Waals surface area contributed by atoms with E-state index in [4.69, 9.17) is 10.5 Å². The normalized spacial score (nSPS) is 19.9. The van der Waals surface area contributed by atoms with Gasteiger partial charge in [-0.15, -0.1) is 0 Å². The fourth-order valence-electron chi connectivity index (χ4n) is 2.13. The zero-order chi connectivity index (χ0) is 11.4. The molecule has 3 heteroatoms. The minimum Gasteiger partial charge on any atom is -0.399 e. The van der Waals surface area contributed by atoms with Crippen LogP contribution < -0.4 is 11.1 Å². The Labute approximate surface area is 97.0 Å². The van der Waals surface area contributed by atoms with Crippen LogP contribution in [0.1, 0.15) is 24.8 Å². The Kier molecular flexibility index (Phi) is 3.67. The molecule has 1 saturated heterocycles. The van der Waals surface area contributed by atoms with Crippen LogP contribution in [0.25, 0.3) is 0 Å². The van der Waals surface area contributed by atoms with Gasteiger partial charge in [-0.05, 0) is 49.9 Å². The molecule has 88 valence electrons. The summed E-state index contributed by atoms with van der Waals surface area (Å²) in [6, 6.07) is 5.97. The van der Waals surface area contributed by atoms with E-state index in [9.17, 15) is 0 Å². The molecule has 1 aliphatic heterocycles. The van der Waals surface area contributed by atoms with Crippen molar-refractivity contribution in [2.24, 2.45) is 0 Å². The molecule has 16 heavy (non-hydrogen) atoms. The van der Waals surface area contributed by atoms with Crippen molar-refractivity contribution in [1.29, 1.82) is 0 Å². The van der Waals surface area contributed by atoms with Crippen LogP contribution in [0.4, 0.5) is 11.4 Å². The standard InChI is InChI=1S/C13H20N2O/c1-10-9-11(14)4-5-13(10)15-7-6-12-3-2-8-16-12/h4-5,9,12,15H,2-3,6-8,14H2,1H3. The van der Waals surface area contributed by atoms with E-state index in [2.05, 4.69) is 12.2 Å². The lowest BCUT2D eigenvalue weighted by molar-refractivity contribution is 0.107. The fraction of sp³-hybridized carbons (Fsp3) is 0.538. The molecule has 0 aromatic heterocycles. The van der Waals surface area contributed by atoms with Gasteiger partial charge >= 0.3 is 0 Å². The summed E-state index contributed by atoms with van der Waals surface area (Å²) in [4.78, 5) is 0. The minimum atomic E-state index is 0.460. The van der Waals surface area contributed by atoms with Gasteiger partial charge in [0.15, 0.2) is 0 Å². The fourth-order valence-corrected chi connectivity index (χ4v) is 2.13. The summed E-state index contributed by atoms with van der Waals surface area (Å²) in [7, 11) is 0. The van der Waals surface area contributed by atoms with Crippen LogP contribution in [0.5, 0.6) is 0 Å². The summed E-state index contributed by atoms with van der Waals surface area (Å²) >= 11 is 0. The largest absolute Gasteiger partial charge is 0.399 e. The molecule has 1 aliphatic rings. The van der Waals surface area contributed by atoms with Gasteiger partial charge in [-0.25, -0.2) is 0 Å². The van der Waals surface area contributed by atoms with Gasteiger partial charge in [0, 0.05) is 24.5 Å². The maximum Gasteiger partial charge on any atom is 0.0592 e. The van der Waals surface area contributed by atoms with E-state index in [0.29, 0.717) is 6.10 Å². The molecule has 1 fully saturated rings. The second-order valence-electron chi connectivity index (χ2n) is 4.42. The van der Waals surface area contributed by atoms with Gasteiger partial charge < -0.3 is 15.8 Å². The van der Waals surface area contributed by atoms with E-state index in [1.807, 2.05) is 18.2 Å². The van der Waals surface area contributed by atoms with Gasteiger partial charge in [0.25, 0.3) is 0 Å². The zero-order valence-corrected chi connectivity index (χ0v) is 9.83. The Morgan fingerprint density at radius 2 is 2.38 bits per heavy atom. The first kappa shape index (κ1) is 11.3. The van der Waals surface area contributed by atoms with Crippen molar-refractivity contribution in [3.8, 4) is 0 Å². The lowest BCUT2D eigenvalue weighted by Gasteiger charge is -2.13. The number of nitrogen functional groups attached to an aromatic ring is 1. The molecule has 0 spiro atoms. The lowest BCUT2D eigenvalue weighted by Crippen LogP contribution is -2.12. The lowest BCUT2D eigenvalue weighted by atomic mass is 10.1. The second-order valence-corrected chi connectivity index (χ2v) is 4.42. The van der Waals surface area contributed by atoms with Crippen LogP contribution in [-0.2, 0) is 4.74 Å². The van der Waals surface area contributed by atoms with Gasteiger partial charge in [0.1, 0.15) is 0 Å². The quantitative estimate of drug-likeness (QED) is 0.767. The Morgan fingerprint density at radius 1 is 1.50 bits per heavy atom. The van der Waals surface area contributed by atoms with Crippen LogP contribution in [0.15, 0.2) is 18.2 Å². The van der Waals surface area contributed by atoms with Crippen molar-refractivity contribution in [3.05, 3.63) is 23.8 Å². The second kappa shape index (κ2) is 5.21. The Morgan fingerprint density at radius 3 is 3.06 bits per heavy atom. The van der Waals surface area contributed by atoms with Crippen molar-refractivity contribution in [2.75, 3.05) is 24.2 Å². The van der Waals surface area contributed by atoms with Gasteiger partial charge in [-0.3, -0.25) is 0 Å². The average molecular weight is 220 g/mol. The number of rotatable bonds is 4. The molecule has 1 unspecified atom stereocenters. The number of nitrogens with two attached hydrogens (primary N) is 1. The maximum absolute atomic E-state index is 5.71. The van der Waals surface area contributed by atoms with Crippen molar-refractivity contribution < 1.29 is 4.74 Å². The van der Waals surface area contributed by atoms with E-state index < -0.39 is 0 Å². The summed E-state index contributed by atoms with van der Waals surface area (Å²) < 4.78 is 5.58. The Bertz CT molecular complexity index is 346. The molecule has 0 radical (unpaired) electrons. The van der Waals surface area contributed by atoms with Crippen LogP contribution in [0.2, 0.25) is 0 Å². The SMILES string of the molecule is Cc1cc(N)ccc1NCCC1CCCO1. The van der Waals surface area contributed by atoms with Crippen LogP contribution in [0.3, 0.4) is 0 Å². The third-order valence-electron chi connectivity index (χ3n) is 3.06. The van der Waals surface area contributed by atoms with Gasteiger partial charge in [-0.1, -0.05) is 0 Å². The molecule has 0 saturated carbocycles. The number of hydrogen-bond donors (Lipinski definition) is 2. The number of hydrogen-bond acceptors (Lipinski definition) is 3. The average Bonchev–Trinajstić information content (AvgIpc) is 2.74. The van der Waals surface area contributed by atoms with E-state index in [1.54, 1.807) is 0 Å². The monoisotopic (exact) mass is 220 g/mol. The summed E-state index contributed by atoms with van der Waals surface area (Å²) in [6.45, 7) is 3.98. The molecule has 0 amide bonds. The van der Waals surface area contributed by atoms with Crippen molar-refractivity contribution in [1.82, 2.24) is 0 Å². The highest BCUT2D eigenvalue weighted by Crippen LogP contribution is 2.19. The third-order valence-corrected chi connectivity index (χ3v) is 3.06. The highest BCUT2D eigenvalue weighted by atomic mass is 16.5. The predicted molar refractivity (Wildman–Crippen MR) is 67.7 cm³/mol. The smallest absolute Gasteiger partial charge is 0.0592 e. The molecule has 0 aliphatic carbocycles. The molecule has 3 N–H and O–H groups in total. The number of aryl methyl sites for hydroxylation is 1. The van der Waals surface area contributed by atoms with E-state index in [-0.39, 0.29) is 0 Å². The van der Waals surface area contributed by atoms with Gasteiger partial charge in [-0.2, -0.15) is 0 Å². The Hall–Kier alpha value is -1.22. The molecule has 1 aromatic carbocycles. The molecule has 1 aromatic rings. The Balaban J connectivity index is 1.80. The molecular weight excluding hydrogens is 200 g/mol.